The number of amides is 1. The molecule has 0 saturated carbocycles. The minimum Gasteiger partial charge on any atom is -0.484 e. The average Bonchev–Trinajstić information content (AvgIpc) is 2.60. The Hall–Kier alpha value is -2.37. The van der Waals surface area contributed by atoms with Crippen molar-refractivity contribution in [2.24, 2.45) is 0 Å². The summed E-state index contributed by atoms with van der Waals surface area (Å²) in [7, 11) is 0. The largest absolute Gasteiger partial charge is 0.484 e. The summed E-state index contributed by atoms with van der Waals surface area (Å²) in [6.07, 6.45) is -0.528. The molecule has 26 heavy (non-hydrogen) atoms. The van der Waals surface area contributed by atoms with Gasteiger partial charge in [-0.15, -0.1) is 0 Å². The van der Waals surface area contributed by atoms with Gasteiger partial charge in [0.2, 0.25) is 0 Å². The third kappa shape index (κ3) is 7.25. The maximum absolute atomic E-state index is 11.8. The Kier molecular flexibility index (Phi) is 7.18. The predicted octanol–water partition coefficient (Wildman–Crippen LogP) is 2.80. The smallest absolute Gasteiger partial charge is 0.258 e. The first kappa shape index (κ1) is 19.9. The first-order valence-electron chi connectivity index (χ1n) is 8.80. The first-order valence-corrected chi connectivity index (χ1v) is 8.80. The molecule has 0 aliphatic carbocycles. The molecule has 140 valence electrons. The van der Waals surface area contributed by atoms with Crippen LogP contribution in [0.25, 0.3) is 0 Å². The van der Waals surface area contributed by atoms with Crippen LogP contribution in [0.3, 0.4) is 0 Å². The van der Waals surface area contributed by atoms with Gasteiger partial charge in [0.25, 0.3) is 5.91 Å². The van der Waals surface area contributed by atoms with Crippen LogP contribution in [-0.2, 0) is 11.3 Å². The maximum atomic E-state index is 11.8. The molecule has 1 atom stereocenters. The highest BCUT2D eigenvalue weighted by atomic mass is 16.5. The van der Waals surface area contributed by atoms with E-state index in [1.54, 1.807) is 0 Å². The molecule has 0 saturated heterocycles. The Morgan fingerprint density at radius 2 is 1.73 bits per heavy atom. The first-order chi connectivity index (χ1) is 12.3. The topological polar surface area (TPSA) is 70.6 Å². The molecule has 2 rings (SSSR count). The molecular weight excluding hydrogens is 328 g/mol. The van der Waals surface area contributed by atoms with Gasteiger partial charge in [-0.1, -0.05) is 42.5 Å². The zero-order valence-electron chi connectivity index (χ0n) is 15.7. The van der Waals surface area contributed by atoms with Crippen LogP contribution in [0.5, 0.6) is 5.75 Å². The highest BCUT2D eigenvalue weighted by Crippen LogP contribution is 2.13. The van der Waals surface area contributed by atoms with E-state index in [0.29, 0.717) is 18.8 Å². The molecule has 0 bridgehead atoms. The third-order valence-corrected chi connectivity index (χ3v) is 3.66. The van der Waals surface area contributed by atoms with E-state index in [2.05, 4.69) is 10.6 Å². The Morgan fingerprint density at radius 1 is 1.08 bits per heavy atom. The van der Waals surface area contributed by atoms with Gasteiger partial charge in [-0.2, -0.15) is 0 Å². The van der Waals surface area contributed by atoms with Crippen LogP contribution in [-0.4, -0.2) is 29.7 Å². The van der Waals surface area contributed by atoms with Gasteiger partial charge in [-0.3, -0.25) is 4.79 Å². The van der Waals surface area contributed by atoms with E-state index in [9.17, 15) is 9.90 Å². The molecule has 0 fully saturated rings. The number of aliphatic hydroxyl groups excluding tert-OH is 1. The van der Waals surface area contributed by atoms with E-state index in [1.165, 1.54) is 0 Å². The molecule has 2 aromatic rings. The summed E-state index contributed by atoms with van der Waals surface area (Å²) in [5.74, 6) is 0.514. The van der Waals surface area contributed by atoms with Crippen molar-refractivity contribution in [3.05, 3.63) is 65.7 Å². The van der Waals surface area contributed by atoms with Gasteiger partial charge in [-0.25, -0.2) is 0 Å². The Balaban J connectivity index is 1.73. The summed E-state index contributed by atoms with van der Waals surface area (Å²) in [4.78, 5) is 11.8. The molecule has 0 heterocycles. The van der Waals surface area contributed by atoms with Crippen LogP contribution in [0.15, 0.2) is 54.6 Å². The zero-order valence-corrected chi connectivity index (χ0v) is 15.7. The van der Waals surface area contributed by atoms with Gasteiger partial charge < -0.3 is 20.5 Å². The molecule has 0 aliphatic rings. The number of nitrogens with one attached hydrogen (secondary N) is 2. The van der Waals surface area contributed by atoms with Crippen LogP contribution in [0, 0.1) is 0 Å². The Morgan fingerprint density at radius 3 is 2.35 bits per heavy atom. The summed E-state index contributed by atoms with van der Waals surface area (Å²) in [5, 5.41) is 16.2. The van der Waals surface area contributed by atoms with Gasteiger partial charge >= 0.3 is 0 Å². The molecule has 2 aromatic carbocycles. The lowest BCUT2D eigenvalue weighted by Crippen LogP contribution is -2.43. The minimum atomic E-state index is -0.528. The van der Waals surface area contributed by atoms with Gasteiger partial charge in [0.1, 0.15) is 5.75 Å². The number of rotatable bonds is 8. The van der Waals surface area contributed by atoms with Crippen molar-refractivity contribution in [3.8, 4) is 5.75 Å². The van der Waals surface area contributed by atoms with Crippen molar-refractivity contribution < 1.29 is 14.6 Å². The fraction of sp³-hybridized carbons (Fsp3) is 0.381. The zero-order chi connectivity index (χ0) is 19.0. The van der Waals surface area contributed by atoms with Crippen molar-refractivity contribution in [2.75, 3.05) is 13.2 Å². The minimum absolute atomic E-state index is 0.00185. The maximum Gasteiger partial charge on any atom is 0.258 e. The molecule has 5 heteroatoms. The molecule has 0 spiro atoms. The van der Waals surface area contributed by atoms with Crippen molar-refractivity contribution in [1.29, 1.82) is 0 Å². The monoisotopic (exact) mass is 356 g/mol. The second kappa shape index (κ2) is 9.36. The number of carbonyl (C=O) groups excluding carboxylic acids is 1. The summed E-state index contributed by atoms with van der Waals surface area (Å²) >= 11 is 0. The van der Waals surface area contributed by atoms with Crippen molar-refractivity contribution in [1.82, 2.24) is 10.6 Å². The van der Waals surface area contributed by atoms with Gasteiger partial charge in [0.05, 0.1) is 6.10 Å². The second-order valence-electron chi connectivity index (χ2n) is 7.29. The second-order valence-corrected chi connectivity index (χ2v) is 7.29. The van der Waals surface area contributed by atoms with E-state index in [-0.39, 0.29) is 18.1 Å². The van der Waals surface area contributed by atoms with Gasteiger partial charge in [0, 0.05) is 18.6 Å². The number of benzene rings is 2. The molecular formula is C21H28N2O3. The highest BCUT2D eigenvalue weighted by molar-refractivity contribution is 5.78. The molecule has 5 nitrogen and oxygen atoms in total. The summed E-state index contributed by atoms with van der Waals surface area (Å²) in [6.45, 7) is 6.92. The molecule has 1 amide bonds. The van der Waals surface area contributed by atoms with Crippen molar-refractivity contribution in [2.45, 2.75) is 39.0 Å². The standard InChI is InChI=1S/C21H28N2O3/c1-21(2,3)23-20(25)15-26-18-11-9-16(10-12-18)13-22-14-19(24)17-7-5-4-6-8-17/h4-12,19,22,24H,13-15H2,1-3H3,(H,23,25)/t19-/m0/s1. The normalized spacial score (nSPS) is 12.5. The van der Waals surface area contributed by atoms with Gasteiger partial charge in [0.15, 0.2) is 6.61 Å². The van der Waals surface area contributed by atoms with E-state index in [0.717, 1.165) is 11.1 Å². The Bertz CT molecular complexity index is 679. The summed E-state index contributed by atoms with van der Waals surface area (Å²) in [6, 6.07) is 17.2. The van der Waals surface area contributed by atoms with Gasteiger partial charge in [-0.05, 0) is 44.0 Å². The van der Waals surface area contributed by atoms with E-state index >= 15 is 0 Å². The van der Waals surface area contributed by atoms with Crippen LogP contribution >= 0.6 is 0 Å². The van der Waals surface area contributed by atoms with Crippen LogP contribution in [0.2, 0.25) is 0 Å². The lowest BCUT2D eigenvalue weighted by Gasteiger charge is -2.20. The summed E-state index contributed by atoms with van der Waals surface area (Å²) < 4.78 is 5.50. The number of hydrogen-bond acceptors (Lipinski definition) is 4. The van der Waals surface area contributed by atoms with E-state index < -0.39 is 6.10 Å². The predicted molar refractivity (Wildman–Crippen MR) is 103 cm³/mol. The Labute approximate surface area is 155 Å². The molecule has 0 aromatic heterocycles. The van der Waals surface area contributed by atoms with Crippen molar-refractivity contribution >= 4 is 5.91 Å². The van der Waals surface area contributed by atoms with Crippen molar-refractivity contribution in [3.63, 3.8) is 0 Å². The summed E-state index contributed by atoms with van der Waals surface area (Å²) in [5.41, 5.74) is 1.72. The third-order valence-electron chi connectivity index (χ3n) is 3.66. The SMILES string of the molecule is CC(C)(C)NC(=O)COc1ccc(CNC[C@H](O)c2ccccc2)cc1. The fourth-order valence-electron chi connectivity index (χ4n) is 2.45. The highest BCUT2D eigenvalue weighted by Gasteiger charge is 2.13. The molecule has 0 aliphatic heterocycles. The lowest BCUT2D eigenvalue weighted by molar-refractivity contribution is -0.124. The lowest BCUT2D eigenvalue weighted by atomic mass is 10.1. The van der Waals surface area contributed by atoms with Crippen LogP contribution in [0.1, 0.15) is 38.0 Å². The number of ether oxygens (including phenoxy) is 1. The van der Waals surface area contributed by atoms with E-state index in [4.69, 9.17) is 4.74 Å². The number of hydrogen-bond donors (Lipinski definition) is 3. The number of aliphatic hydroxyl groups is 1. The quantitative estimate of drug-likeness (QED) is 0.680. The molecule has 0 unspecified atom stereocenters. The average molecular weight is 356 g/mol. The van der Waals surface area contributed by atoms with Crippen LogP contribution < -0.4 is 15.4 Å². The van der Waals surface area contributed by atoms with E-state index in [1.807, 2.05) is 75.4 Å². The molecule has 3 N–H and O–H groups in total. The molecule has 0 radical (unpaired) electrons. The fourth-order valence-corrected chi connectivity index (χ4v) is 2.45. The number of carbonyl (C=O) groups is 1. The van der Waals surface area contributed by atoms with Crippen LogP contribution in [0.4, 0.5) is 0 Å².